The van der Waals surface area contributed by atoms with Gasteiger partial charge in [0, 0.05) is 5.56 Å². The van der Waals surface area contributed by atoms with Crippen molar-refractivity contribution in [2.75, 3.05) is 5.43 Å². The quantitative estimate of drug-likeness (QED) is 0.370. The molecule has 4 aliphatic rings. The van der Waals surface area contributed by atoms with Crippen LogP contribution in [0.15, 0.2) is 52.5 Å². The summed E-state index contributed by atoms with van der Waals surface area (Å²) in [4.78, 5) is -0.169. The molecule has 0 amide bonds. The number of rotatable bonds is 5. The molecule has 0 spiro atoms. The van der Waals surface area contributed by atoms with E-state index in [4.69, 9.17) is 4.55 Å². The molecular weight excluding hydrogens is 400 g/mol. The van der Waals surface area contributed by atoms with E-state index in [9.17, 15) is 13.5 Å². The molecule has 4 bridgehead atoms. The molecule has 0 unspecified atom stereocenters. The third kappa shape index (κ3) is 3.61. The summed E-state index contributed by atoms with van der Waals surface area (Å²) in [5, 5.41) is 14.5. The molecule has 0 radical (unpaired) electrons. The molecule has 2 aromatic carbocycles. The first-order chi connectivity index (χ1) is 14.3. The maximum absolute atomic E-state index is 11.1. The molecule has 7 heteroatoms. The SMILES string of the molecule is O=S(=O)(O)c1ccc(N/N=C\c2cc(C34CC5CC(CC(C5)C3)C4)ccc2O)cc1. The fourth-order valence-corrected chi connectivity index (χ4v) is 6.81. The number of nitrogens with one attached hydrogen (secondary N) is 1. The Morgan fingerprint density at radius 2 is 1.57 bits per heavy atom. The van der Waals surface area contributed by atoms with Crippen molar-refractivity contribution in [1.82, 2.24) is 0 Å². The van der Waals surface area contributed by atoms with Gasteiger partial charge < -0.3 is 5.11 Å². The molecule has 4 aliphatic carbocycles. The second-order valence-electron chi connectivity index (χ2n) is 9.34. The van der Waals surface area contributed by atoms with E-state index < -0.39 is 10.1 Å². The smallest absolute Gasteiger partial charge is 0.294 e. The van der Waals surface area contributed by atoms with Crippen LogP contribution in [0.5, 0.6) is 5.75 Å². The molecule has 3 N–H and O–H groups in total. The monoisotopic (exact) mass is 426 g/mol. The first-order valence-corrected chi connectivity index (χ1v) is 11.9. The largest absolute Gasteiger partial charge is 0.507 e. The van der Waals surface area contributed by atoms with Crippen LogP contribution in [0.3, 0.4) is 0 Å². The van der Waals surface area contributed by atoms with Crippen LogP contribution >= 0.6 is 0 Å². The van der Waals surface area contributed by atoms with Crippen LogP contribution in [0, 0.1) is 17.8 Å². The van der Waals surface area contributed by atoms with Gasteiger partial charge in [0.2, 0.25) is 0 Å². The minimum Gasteiger partial charge on any atom is -0.507 e. The molecule has 6 rings (SSSR count). The lowest BCUT2D eigenvalue weighted by Gasteiger charge is -2.57. The van der Waals surface area contributed by atoms with Gasteiger partial charge in [0.05, 0.1) is 16.8 Å². The van der Waals surface area contributed by atoms with Crippen molar-refractivity contribution in [2.24, 2.45) is 22.9 Å². The summed E-state index contributed by atoms with van der Waals surface area (Å²) in [5.41, 5.74) is 5.66. The number of hydrazone groups is 1. The van der Waals surface area contributed by atoms with E-state index in [1.165, 1.54) is 68.4 Å². The second kappa shape index (κ2) is 7.10. The minimum absolute atomic E-state index is 0.169. The molecule has 0 saturated heterocycles. The van der Waals surface area contributed by atoms with Crippen molar-refractivity contribution in [1.29, 1.82) is 0 Å². The lowest BCUT2D eigenvalue weighted by Crippen LogP contribution is -2.48. The van der Waals surface area contributed by atoms with Gasteiger partial charge >= 0.3 is 0 Å². The summed E-state index contributed by atoms with van der Waals surface area (Å²) in [6, 6.07) is 11.6. The fraction of sp³-hybridized carbons (Fsp3) is 0.435. The van der Waals surface area contributed by atoms with Crippen LogP contribution in [0.25, 0.3) is 0 Å². The van der Waals surface area contributed by atoms with Gasteiger partial charge in [0.15, 0.2) is 0 Å². The summed E-state index contributed by atoms with van der Waals surface area (Å²) < 4.78 is 31.3. The van der Waals surface area contributed by atoms with Crippen LogP contribution in [0.2, 0.25) is 0 Å². The van der Waals surface area contributed by atoms with Crippen LogP contribution in [0.1, 0.15) is 49.7 Å². The van der Waals surface area contributed by atoms with Gasteiger partial charge in [-0.25, -0.2) is 0 Å². The number of phenols is 1. The molecule has 4 saturated carbocycles. The van der Waals surface area contributed by atoms with E-state index in [0.717, 1.165) is 17.8 Å². The van der Waals surface area contributed by atoms with Gasteiger partial charge in [0.1, 0.15) is 5.75 Å². The van der Waals surface area contributed by atoms with Gasteiger partial charge in [-0.2, -0.15) is 13.5 Å². The van der Waals surface area contributed by atoms with Crippen molar-refractivity contribution in [3.63, 3.8) is 0 Å². The molecule has 158 valence electrons. The van der Waals surface area contributed by atoms with Crippen LogP contribution in [-0.2, 0) is 15.5 Å². The first kappa shape index (κ1) is 19.6. The summed E-state index contributed by atoms with van der Waals surface area (Å²) in [7, 11) is -4.21. The van der Waals surface area contributed by atoms with Gasteiger partial charge in [0.25, 0.3) is 10.1 Å². The summed E-state index contributed by atoms with van der Waals surface area (Å²) in [6.45, 7) is 0. The Kier molecular flexibility index (Phi) is 4.63. The number of aromatic hydroxyl groups is 1. The zero-order valence-electron chi connectivity index (χ0n) is 16.7. The maximum Gasteiger partial charge on any atom is 0.294 e. The second-order valence-corrected chi connectivity index (χ2v) is 10.8. The normalized spacial score (nSPS) is 30.1. The van der Waals surface area contributed by atoms with E-state index in [2.05, 4.69) is 22.7 Å². The van der Waals surface area contributed by atoms with E-state index in [-0.39, 0.29) is 16.1 Å². The lowest BCUT2D eigenvalue weighted by molar-refractivity contribution is -0.00520. The minimum atomic E-state index is -4.21. The van der Waals surface area contributed by atoms with Gasteiger partial charge in [-0.3, -0.25) is 9.98 Å². The maximum atomic E-state index is 11.1. The van der Waals surface area contributed by atoms with Crippen molar-refractivity contribution < 1.29 is 18.1 Å². The van der Waals surface area contributed by atoms with Crippen LogP contribution in [0.4, 0.5) is 5.69 Å². The van der Waals surface area contributed by atoms with Crippen molar-refractivity contribution in [3.8, 4) is 5.75 Å². The topological polar surface area (TPSA) is 99.0 Å². The Morgan fingerprint density at radius 3 is 2.13 bits per heavy atom. The zero-order chi connectivity index (χ0) is 20.9. The van der Waals surface area contributed by atoms with Crippen LogP contribution < -0.4 is 5.43 Å². The lowest BCUT2D eigenvalue weighted by atomic mass is 9.48. The predicted molar refractivity (Wildman–Crippen MR) is 115 cm³/mol. The van der Waals surface area contributed by atoms with Crippen LogP contribution in [-0.4, -0.2) is 24.3 Å². The molecule has 0 heterocycles. The Morgan fingerprint density at radius 1 is 0.967 bits per heavy atom. The number of benzene rings is 2. The molecule has 30 heavy (non-hydrogen) atoms. The van der Waals surface area contributed by atoms with E-state index in [0.29, 0.717) is 11.3 Å². The molecule has 0 aliphatic heterocycles. The number of phenolic OH excluding ortho intramolecular Hbond substituents is 1. The van der Waals surface area contributed by atoms with Gasteiger partial charge in [-0.1, -0.05) is 6.07 Å². The summed E-state index contributed by atoms with van der Waals surface area (Å²) in [5.74, 6) is 2.76. The zero-order valence-corrected chi connectivity index (χ0v) is 17.5. The number of anilines is 1. The van der Waals surface area contributed by atoms with Crippen molar-refractivity contribution in [2.45, 2.75) is 48.8 Å². The fourth-order valence-electron chi connectivity index (χ4n) is 6.33. The average molecular weight is 427 g/mol. The van der Waals surface area contributed by atoms with Gasteiger partial charge in [-0.15, -0.1) is 0 Å². The third-order valence-electron chi connectivity index (χ3n) is 7.23. The highest BCUT2D eigenvalue weighted by Crippen LogP contribution is 2.60. The molecule has 0 atom stereocenters. The van der Waals surface area contributed by atoms with E-state index in [1.54, 1.807) is 12.3 Å². The Balaban J connectivity index is 1.34. The summed E-state index contributed by atoms with van der Waals surface area (Å²) >= 11 is 0. The molecule has 4 fully saturated rings. The van der Waals surface area contributed by atoms with E-state index >= 15 is 0 Å². The van der Waals surface area contributed by atoms with Crippen molar-refractivity contribution >= 4 is 22.0 Å². The number of hydrogen-bond donors (Lipinski definition) is 3. The average Bonchev–Trinajstić information content (AvgIpc) is 2.68. The Labute approximate surface area is 176 Å². The highest BCUT2D eigenvalue weighted by Gasteiger charge is 2.51. The highest BCUT2D eigenvalue weighted by atomic mass is 32.2. The van der Waals surface area contributed by atoms with E-state index in [1.807, 2.05) is 0 Å². The number of hydrogen-bond acceptors (Lipinski definition) is 5. The van der Waals surface area contributed by atoms with Gasteiger partial charge in [-0.05, 0) is 104 Å². The Hall–Kier alpha value is -2.38. The first-order valence-electron chi connectivity index (χ1n) is 10.5. The molecule has 0 aromatic heterocycles. The molecular formula is C23H26N2O4S. The predicted octanol–water partition coefficient (Wildman–Crippen LogP) is 4.55. The molecule has 2 aromatic rings. The third-order valence-corrected chi connectivity index (χ3v) is 8.10. The standard InChI is InChI=1S/C23H26N2O4S/c26-22-6-1-19(23-11-15-7-16(12-23)9-17(8-15)13-23)10-18(22)14-24-25-20-2-4-21(5-3-20)30(27,28)29/h1-6,10,14-17,25-26H,7-9,11-13H2,(H,27,28,29)/b24-14-. The number of nitrogens with zero attached hydrogens (tertiary/aromatic N) is 1. The highest BCUT2D eigenvalue weighted by molar-refractivity contribution is 7.85. The van der Waals surface area contributed by atoms with Crippen molar-refractivity contribution in [3.05, 3.63) is 53.6 Å². The summed E-state index contributed by atoms with van der Waals surface area (Å²) in [6.07, 6.45) is 9.57. The Bertz CT molecular complexity index is 1060. The molecule has 6 nitrogen and oxygen atoms in total.